The number of nitrogens with one attached hydrogen (secondary N) is 1. The number of carbonyl (C=O) groups excluding carboxylic acids is 1. The molecule has 1 amide bonds. The van der Waals surface area contributed by atoms with Crippen LogP contribution in [0.25, 0.3) is 0 Å². The first-order chi connectivity index (χ1) is 10.1. The maximum Gasteiger partial charge on any atom is 0.292 e. The summed E-state index contributed by atoms with van der Waals surface area (Å²) in [6, 6.07) is 1.11. The van der Waals surface area contributed by atoms with Crippen molar-refractivity contribution in [2.45, 2.75) is 11.5 Å². The zero-order chi connectivity index (χ0) is 15.0. The molecule has 0 bridgehead atoms. The molecule has 0 saturated heterocycles. The lowest BCUT2D eigenvalue weighted by molar-refractivity contribution is 0.0992. The van der Waals surface area contributed by atoms with Gasteiger partial charge in [-0.05, 0) is 0 Å². The molecule has 21 heavy (non-hydrogen) atoms. The highest BCUT2D eigenvalue weighted by Gasteiger charge is 2.23. The number of anilines is 1. The number of thioether (sulfide) groups is 1. The van der Waals surface area contributed by atoms with Crippen molar-refractivity contribution in [1.29, 1.82) is 0 Å². The summed E-state index contributed by atoms with van der Waals surface area (Å²) in [6.07, 6.45) is 1.13. The van der Waals surface area contributed by atoms with Gasteiger partial charge in [0.1, 0.15) is 12.1 Å². The van der Waals surface area contributed by atoms with Gasteiger partial charge in [-0.25, -0.2) is 0 Å². The number of aryl methyl sites for hydroxylation is 1. The molecule has 2 aromatic heterocycles. The molecule has 1 N–H and O–H groups in total. The molecule has 3 heterocycles. The zero-order valence-corrected chi connectivity index (χ0v) is 12.3. The Kier molecular flexibility index (Phi) is 3.46. The minimum atomic E-state index is -0.488. The number of fused-ring (bicyclic) bond motifs is 1. The second-order valence-corrected chi connectivity index (χ2v) is 5.51. The second-order valence-electron chi connectivity index (χ2n) is 4.52. The molecular weight excluding hydrogens is 294 g/mol. The first kappa shape index (κ1) is 13.7. The van der Waals surface area contributed by atoms with Crippen LogP contribution in [-0.4, -0.2) is 22.8 Å². The molecule has 3 rings (SSSR count). The van der Waals surface area contributed by atoms with Gasteiger partial charge in [0.15, 0.2) is 5.76 Å². The number of hydrogen-bond donors (Lipinski definition) is 1. The first-order valence-corrected chi connectivity index (χ1v) is 7.36. The normalized spacial score (nSPS) is 13.0. The van der Waals surface area contributed by atoms with Gasteiger partial charge in [0.25, 0.3) is 5.91 Å². The molecule has 1 aliphatic heterocycles. The van der Waals surface area contributed by atoms with E-state index in [0.29, 0.717) is 5.82 Å². The third kappa shape index (κ3) is 2.42. The van der Waals surface area contributed by atoms with Crippen molar-refractivity contribution in [3.05, 3.63) is 39.6 Å². The Bertz CT molecular complexity index is 765. The summed E-state index contributed by atoms with van der Waals surface area (Å²) < 4.78 is 11.6. The summed E-state index contributed by atoms with van der Waals surface area (Å²) in [5.74, 6) is 1.80. The fraction of sp³-hybridized carbons (Fsp3) is 0.308. The molecular formula is C13H13N3O4S. The minimum Gasteiger partial charge on any atom is -0.490 e. The largest absolute Gasteiger partial charge is 0.490 e. The number of aromatic nitrogens is 2. The van der Waals surface area contributed by atoms with E-state index in [4.69, 9.17) is 9.15 Å². The third-order valence-corrected chi connectivity index (χ3v) is 4.16. The van der Waals surface area contributed by atoms with Crippen LogP contribution in [-0.2, 0) is 18.6 Å². The van der Waals surface area contributed by atoms with Gasteiger partial charge < -0.3 is 14.5 Å². The van der Waals surface area contributed by atoms with Crippen molar-refractivity contribution >= 4 is 23.5 Å². The van der Waals surface area contributed by atoms with Crippen molar-refractivity contribution < 1.29 is 13.9 Å². The summed E-state index contributed by atoms with van der Waals surface area (Å²) in [4.78, 5) is 23.8. The Morgan fingerprint density at radius 3 is 3.05 bits per heavy atom. The molecule has 0 fully saturated rings. The number of hydrogen-bond acceptors (Lipinski definition) is 6. The number of carbonyl (C=O) groups is 1. The van der Waals surface area contributed by atoms with Crippen LogP contribution in [0.3, 0.4) is 0 Å². The van der Waals surface area contributed by atoms with E-state index in [1.807, 2.05) is 0 Å². The lowest BCUT2D eigenvalue weighted by Crippen LogP contribution is -2.17. The van der Waals surface area contributed by atoms with Crippen LogP contribution in [0.2, 0.25) is 0 Å². The summed E-state index contributed by atoms with van der Waals surface area (Å²) in [6.45, 7) is 0. The number of ether oxygens (including phenoxy) is 1. The van der Waals surface area contributed by atoms with Crippen LogP contribution in [0, 0.1) is 0 Å². The van der Waals surface area contributed by atoms with Crippen molar-refractivity contribution in [3.8, 4) is 5.75 Å². The van der Waals surface area contributed by atoms with Crippen molar-refractivity contribution in [3.63, 3.8) is 0 Å². The van der Waals surface area contributed by atoms with E-state index in [1.54, 1.807) is 23.5 Å². The zero-order valence-electron chi connectivity index (χ0n) is 11.5. The van der Waals surface area contributed by atoms with Gasteiger partial charge in [-0.15, -0.1) is 0 Å². The molecule has 0 saturated carbocycles. The van der Waals surface area contributed by atoms with Gasteiger partial charge in [-0.2, -0.15) is 16.9 Å². The maximum atomic E-state index is 12.2. The Morgan fingerprint density at radius 2 is 2.33 bits per heavy atom. The topological polar surface area (TPSA) is 86.4 Å². The van der Waals surface area contributed by atoms with E-state index in [0.717, 1.165) is 35.1 Å². The standard InChI is InChI=1S/C13H13N3O4S/c1-16-12(7-5-21-6-8(7)15-16)14-13(18)10-3-9(17)11(19-2)4-20-10/h3-4H,5-6H2,1-2H3,(H,14,18). The van der Waals surface area contributed by atoms with Gasteiger partial charge in [-0.1, -0.05) is 0 Å². The molecule has 0 unspecified atom stereocenters. The SMILES string of the molecule is COc1coc(C(=O)Nc2c3c(nn2C)CSC3)cc1=O. The van der Waals surface area contributed by atoms with Gasteiger partial charge in [0, 0.05) is 30.2 Å². The summed E-state index contributed by atoms with van der Waals surface area (Å²) in [5.41, 5.74) is 1.60. The van der Waals surface area contributed by atoms with Crippen LogP contribution in [0.4, 0.5) is 5.82 Å². The molecule has 2 aromatic rings. The highest BCUT2D eigenvalue weighted by atomic mass is 32.2. The molecule has 8 heteroatoms. The molecule has 0 atom stereocenters. The van der Waals surface area contributed by atoms with Gasteiger partial charge in [-0.3, -0.25) is 14.3 Å². The predicted octanol–water partition coefficient (Wildman–Crippen LogP) is 1.38. The van der Waals surface area contributed by atoms with Crippen LogP contribution in [0.15, 0.2) is 21.5 Å². The minimum absolute atomic E-state index is 0.0596. The van der Waals surface area contributed by atoms with E-state index in [9.17, 15) is 9.59 Å². The van der Waals surface area contributed by atoms with Gasteiger partial charge in [0.05, 0.1) is 12.8 Å². The van der Waals surface area contributed by atoms with Crippen molar-refractivity contribution in [2.75, 3.05) is 12.4 Å². The van der Waals surface area contributed by atoms with Crippen molar-refractivity contribution in [1.82, 2.24) is 9.78 Å². The van der Waals surface area contributed by atoms with Crippen LogP contribution >= 0.6 is 11.8 Å². The maximum absolute atomic E-state index is 12.2. The average Bonchev–Trinajstić information content (AvgIpc) is 3.02. The second kappa shape index (κ2) is 5.28. The number of rotatable bonds is 3. The molecule has 7 nitrogen and oxygen atoms in total. The Hall–Kier alpha value is -2.22. The number of amides is 1. The highest BCUT2D eigenvalue weighted by Crippen LogP contribution is 2.34. The smallest absolute Gasteiger partial charge is 0.292 e. The van der Waals surface area contributed by atoms with E-state index >= 15 is 0 Å². The monoisotopic (exact) mass is 307 g/mol. The van der Waals surface area contributed by atoms with E-state index < -0.39 is 11.3 Å². The molecule has 0 radical (unpaired) electrons. The number of nitrogens with zero attached hydrogens (tertiary/aromatic N) is 2. The quantitative estimate of drug-likeness (QED) is 0.922. The summed E-state index contributed by atoms with van der Waals surface area (Å²) in [7, 11) is 3.13. The van der Waals surface area contributed by atoms with E-state index in [1.165, 1.54) is 7.11 Å². The Balaban J connectivity index is 1.87. The first-order valence-electron chi connectivity index (χ1n) is 6.21. The molecule has 0 aliphatic carbocycles. The highest BCUT2D eigenvalue weighted by molar-refractivity contribution is 7.98. The number of methoxy groups -OCH3 is 1. The fourth-order valence-electron chi connectivity index (χ4n) is 2.13. The molecule has 1 aliphatic rings. The Labute approximate surface area is 124 Å². The van der Waals surface area contributed by atoms with Crippen LogP contribution in [0.5, 0.6) is 5.75 Å². The van der Waals surface area contributed by atoms with Crippen molar-refractivity contribution in [2.24, 2.45) is 7.05 Å². The van der Waals surface area contributed by atoms with Crippen LogP contribution in [0.1, 0.15) is 21.8 Å². The van der Waals surface area contributed by atoms with Crippen LogP contribution < -0.4 is 15.5 Å². The predicted molar refractivity (Wildman–Crippen MR) is 77.7 cm³/mol. The summed E-state index contributed by atoms with van der Waals surface area (Å²) >= 11 is 1.75. The van der Waals surface area contributed by atoms with E-state index in [-0.39, 0.29) is 11.5 Å². The lowest BCUT2D eigenvalue weighted by Gasteiger charge is -2.07. The third-order valence-electron chi connectivity index (χ3n) is 3.19. The van der Waals surface area contributed by atoms with Gasteiger partial charge in [0.2, 0.25) is 11.2 Å². The van der Waals surface area contributed by atoms with Gasteiger partial charge >= 0.3 is 0 Å². The average molecular weight is 307 g/mol. The summed E-state index contributed by atoms with van der Waals surface area (Å²) in [5, 5.41) is 7.10. The molecule has 0 aromatic carbocycles. The Morgan fingerprint density at radius 1 is 1.52 bits per heavy atom. The lowest BCUT2D eigenvalue weighted by atomic mass is 10.2. The van der Waals surface area contributed by atoms with E-state index in [2.05, 4.69) is 10.4 Å². The molecule has 110 valence electrons. The fourth-order valence-corrected chi connectivity index (χ4v) is 3.17. The molecule has 0 spiro atoms.